The lowest BCUT2D eigenvalue weighted by molar-refractivity contribution is 0.371. The number of nitrogens with zero attached hydrogens (tertiary/aromatic N) is 4. The Kier molecular flexibility index (Phi) is 2.55. The normalized spacial score (nSPS) is 10.6. The Morgan fingerprint density at radius 1 is 1.50 bits per heavy atom. The van der Waals surface area contributed by atoms with Crippen molar-refractivity contribution in [3.05, 3.63) is 30.2 Å². The molecule has 0 fully saturated rings. The molecule has 0 radical (unpaired) electrons. The van der Waals surface area contributed by atoms with Gasteiger partial charge in [-0.2, -0.15) is 5.10 Å². The van der Waals surface area contributed by atoms with Gasteiger partial charge in [-0.25, -0.2) is 4.98 Å². The molecule has 74 valence electrons. The van der Waals surface area contributed by atoms with E-state index in [4.69, 9.17) is 4.52 Å². The maximum Gasteiger partial charge on any atom is 0.150 e. The number of rotatable bonds is 4. The summed E-state index contributed by atoms with van der Waals surface area (Å²) in [6.45, 7) is 1.31. The summed E-state index contributed by atoms with van der Waals surface area (Å²) in [5.41, 5.74) is 0. The van der Waals surface area contributed by atoms with Crippen LogP contribution < -0.4 is 5.32 Å². The van der Waals surface area contributed by atoms with Crippen LogP contribution in [0.4, 0.5) is 0 Å². The van der Waals surface area contributed by atoms with Gasteiger partial charge in [0, 0.05) is 13.1 Å². The fourth-order valence-corrected chi connectivity index (χ4v) is 1.11. The fourth-order valence-electron chi connectivity index (χ4n) is 1.11. The van der Waals surface area contributed by atoms with Gasteiger partial charge in [0.05, 0.1) is 19.3 Å². The molecule has 2 rings (SSSR count). The van der Waals surface area contributed by atoms with E-state index in [1.54, 1.807) is 10.9 Å². The van der Waals surface area contributed by atoms with Gasteiger partial charge in [0.25, 0.3) is 0 Å². The summed E-state index contributed by atoms with van der Waals surface area (Å²) < 4.78 is 6.66. The van der Waals surface area contributed by atoms with Crippen LogP contribution in [0.1, 0.15) is 11.6 Å². The van der Waals surface area contributed by atoms with Crippen molar-refractivity contribution in [1.29, 1.82) is 0 Å². The third kappa shape index (κ3) is 1.97. The molecule has 2 aromatic rings. The fraction of sp³-hybridized carbons (Fsp3) is 0.375. The highest BCUT2D eigenvalue weighted by molar-refractivity contribution is 4.92. The van der Waals surface area contributed by atoms with Crippen LogP contribution >= 0.6 is 0 Å². The summed E-state index contributed by atoms with van der Waals surface area (Å²) in [5.74, 6) is 1.71. The Morgan fingerprint density at radius 3 is 3.07 bits per heavy atom. The van der Waals surface area contributed by atoms with Gasteiger partial charge in [-0.15, -0.1) is 0 Å². The summed E-state index contributed by atoms with van der Waals surface area (Å²) in [7, 11) is 1.86. The highest BCUT2D eigenvalue weighted by atomic mass is 16.5. The molecule has 0 aliphatic carbocycles. The van der Waals surface area contributed by atoms with Gasteiger partial charge in [-0.3, -0.25) is 4.68 Å². The molecule has 6 heteroatoms. The van der Waals surface area contributed by atoms with E-state index in [9.17, 15) is 0 Å². The first-order valence-electron chi connectivity index (χ1n) is 4.29. The third-order valence-electron chi connectivity index (χ3n) is 1.88. The Balaban J connectivity index is 1.81. The van der Waals surface area contributed by atoms with E-state index in [-0.39, 0.29) is 0 Å². The molecular formula is C8H11N5O. The van der Waals surface area contributed by atoms with Crippen molar-refractivity contribution in [2.24, 2.45) is 7.05 Å². The van der Waals surface area contributed by atoms with Gasteiger partial charge in [0.15, 0.2) is 0 Å². The maximum absolute atomic E-state index is 4.93. The highest BCUT2D eigenvalue weighted by Gasteiger charge is 2.00. The van der Waals surface area contributed by atoms with Crippen molar-refractivity contribution >= 4 is 0 Å². The average Bonchev–Trinajstić information content (AvgIpc) is 2.78. The predicted octanol–water partition coefficient (Wildman–Crippen LogP) is 0.0929. The zero-order valence-corrected chi connectivity index (χ0v) is 7.84. The molecule has 0 aliphatic rings. The van der Waals surface area contributed by atoms with Gasteiger partial charge in [-0.1, -0.05) is 5.16 Å². The second-order valence-electron chi connectivity index (χ2n) is 2.88. The van der Waals surface area contributed by atoms with E-state index in [1.165, 1.54) is 6.33 Å². The minimum Gasteiger partial charge on any atom is -0.360 e. The van der Waals surface area contributed by atoms with Crippen LogP contribution in [0, 0.1) is 0 Å². The third-order valence-corrected chi connectivity index (χ3v) is 1.88. The molecule has 0 unspecified atom stereocenters. The van der Waals surface area contributed by atoms with Crippen LogP contribution in [0.25, 0.3) is 0 Å². The molecule has 14 heavy (non-hydrogen) atoms. The molecule has 0 aromatic carbocycles. The first-order valence-corrected chi connectivity index (χ1v) is 4.29. The van der Waals surface area contributed by atoms with Crippen molar-refractivity contribution in [2.75, 3.05) is 0 Å². The molecule has 1 N–H and O–H groups in total. The summed E-state index contributed by atoms with van der Waals surface area (Å²) >= 11 is 0. The Bertz CT molecular complexity index is 380. The number of aromatic nitrogens is 4. The minimum absolute atomic E-state index is 0.646. The zero-order chi connectivity index (χ0) is 9.80. The van der Waals surface area contributed by atoms with Crippen LogP contribution in [0.5, 0.6) is 0 Å². The summed E-state index contributed by atoms with van der Waals surface area (Å²) in [5, 5.41) is 10.7. The molecule has 2 aromatic heterocycles. The van der Waals surface area contributed by atoms with Crippen molar-refractivity contribution < 1.29 is 4.52 Å². The van der Waals surface area contributed by atoms with Gasteiger partial charge in [-0.05, 0) is 0 Å². The predicted molar refractivity (Wildman–Crippen MR) is 48.0 cm³/mol. The molecule has 2 heterocycles. The number of aryl methyl sites for hydroxylation is 1. The van der Waals surface area contributed by atoms with Crippen molar-refractivity contribution in [3.63, 3.8) is 0 Å². The highest BCUT2D eigenvalue weighted by Crippen LogP contribution is 1.96. The van der Waals surface area contributed by atoms with Crippen LogP contribution in [-0.2, 0) is 20.1 Å². The summed E-state index contributed by atoms with van der Waals surface area (Å²) in [6.07, 6.45) is 3.16. The molecule has 0 amide bonds. The lowest BCUT2D eigenvalue weighted by Gasteiger charge is -2.00. The molecule has 0 aliphatic heterocycles. The van der Waals surface area contributed by atoms with E-state index < -0.39 is 0 Å². The van der Waals surface area contributed by atoms with Crippen LogP contribution in [0.3, 0.4) is 0 Å². The molecule has 0 spiro atoms. The van der Waals surface area contributed by atoms with Gasteiger partial charge < -0.3 is 9.84 Å². The number of hydrogen-bond donors (Lipinski definition) is 1. The maximum atomic E-state index is 4.93. The largest absolute Gasteiger partial charge is 0.360 e. The summed E-state index contributed by atoms with van der Waals surface area (Å²) in [6, 6.07) is 1.82. The molecule has 6 nitrogen and oxygen atoms in total. The number of nitrogens with one attached hydrogen (secondary N) is 1. The van der Waals surface area contributed by atoms with E-state index in [0.717, 1.165) is 11.6 Å². The molecule has 0 saturated heterocycles. The van der Waals surface area contributed by atoms with E-state index in [1.807, 2.05) is 13.1 Å². The first-order chi connectivity index (χ1) is 6.86. The zero-order valence-electron chi connectivity index (χ0n) is 7.84. The lowest BCUT2D eigenvalue weighted by Crippen LogP contribution is -2.15. The lowest BCUT2D eigenvalue weighted by atomic mass is 10.4. The van der Waals surface area contributed by atoms with Crippen LogP contribution in [0.2, 0.25) is 0 Å². The molecule has 0 saturated carbocycles. The monoisotopic (exact) mass is 193 g/mol. The quantitative estimate of drug-likeness (QED) is 0.745. The Morgan fingerprint density at radius 2 is 2.43 bits per heavy atom. The Hall–Kier alpha value is -1.69. The standard InChI is InChI=1S/C8H11N5O/c1-13-8(10-6-11-13)5-9-4-7-2-3-12-14-7/h2-3,6,9H,4-5H2,1H3. The molecule has 0 bridgehead atoms. The van der Waals surface area contributed by atoms with Gasteiger partial charge >= 0.3 is 0 Å². The SMILES string of the molecule is Cn1ncnc1CNCc1ccno1. The topological polar surface area (TPSA) is 68.8 Å². The van der Waals surface area contributed by atoms with Crippen molar-refractivity contribution in [3.8, 4) is 0 Å². The van der Waals surface area contributed by atoms with E-state index >= 15 is 0 Å². The van der Waals surface area contributed by atoms with Crippen LogP contribution in [0.15, 0.2) is 23.1 Å². The van der Waals surface area contributed by atoms with Gasteiger partial charge in [0.2, 0.25) is 0 Å². The summed E-state index contributed by atoms with van der Waals surface area (Å²) in [4.78, 5) is 4.08. The Labute approximate surface area is 80.9 Å². The van der Waals surface area contributed by atoms with E-state index in [2.05, 4.69) is 20.6 Å². The van der Waals surface area contributed by atoms with Crippen LogP contribution in [-0.4, -0.2) is 19.9 Å². The molecular weight excluding hydrogens is 182 g/mol. The number of hydrogen-bond acceptors (Lipinski definition) is 5. The second kappa shape index (κ2) is 4.01. The van der Waals surface area contributed by atoms with E-state index in [0.29, 0.717) is 13.1 Å². The average molecular weight is 193 g/mol. The van der Waals surface area contributed by atoms with Crippen molar-refractivity contribution in [2.45, 2.75) is 13.1 Å². The second-order valence-corrected chi connectivity index (χ2v) is 2.88. The molecule has 0 atom stereocenters. The van der Waals surface area contributed by atoms with Gasteiger partial charge in [0.1, 0.15) is 17.9 Å². The smallest absolute Gasteiger partial charge is 0.150 e. The van der Waals surface area contributed by atoms with Crippen molar-refractivity contribution in [1.82, 2.24) is 25.2 Å². The minimum atomic E-state index is 0.646. The first kappa shape index (κ1) is 8.89.